The smallest absolute Gasteiger partial charge is 0.278 e. The number of nitrogens with two attached hydrogens (primary N) is 1. The number of rotatable bonds is 2. The molecule has 5 aliphatic heterocycles. The molecule has 0 amide bonds. The van der Waals surface area contributed by atoms with Crippen molar-refractivity contribution in [3.8, 4) is 0 Å². The van der Waals surface area contributed by atoms with Crippen molar-refractivity contribution in [3.63, 3.8) is 0 Å². The summed E-state index contributed by atoms with van der Waals surface area (Å²) in [4.78, 5) is 20.6. The Labute approximate surface area is 275 Å². The highest BCUT2D eigenvalue weighted by Gasteiger charge is 2.45. The summed E-state index contributed by atoms with van der Waals surface area (Å²) >= 11 is 0. The van der Waals surface area contributed by atoms with E-state index in [0.29, 0.717) is 62.9 Å². The number of nitrogen functional groups attached to an aromatic ring is 1. The highest BCUT2D eigenvalue weighted by molar-refractivity contribution is 6.01. The molecule has 258 valence electrons. The molecule has 1 aromatic heterocycles. The number of nitrogens with one attached hydrogen (secondary N) is 2. The predicted octanol–water partition coefficient (Wildman–Crippen LogP) is 4.92. The summed E-state index contributed by atoms with van der Waals surface area (Å²) in [5.41, 5.74) is 6.76. The molecule has 2 aromatic rings. The van der Waals surface area contributed by atoms with Crippen LogP contribution in [-0.4, -0.2) is 85.3 Å². The first kappa shape index (κ1) is 33.8. The van der Waals surface area contributed by atoms with Crippen LogP contribution in [0.1, 0.15) is 81.0 Å². The van der Waals surface area contributed by atoms with E-state index in [1.54, 1.807) is 17.6 Å². The molecule has 0 radical (unpaired) electrons. The largest absolute Gasteiger partial charge is 0.384 e. The van der Waals surface area contributed by atoms with Crippen molar-refractivity contribution in [1.29, 1.82) is 5.41 Å². The molecule has 0 aliphatic carbocycles. The fourth-order valence-corrected chi connectivity index (χ4v) is 7.64. The lowest BCUT2D eigenvalue weighted by Gasteiger charge is -2.43. The maximum absolute atomic E-state index is 15.9. The number of benzene rings is 1. The van der Waals surface area contributed by atoms with Crippen LogP contribution in [0, 0.1) is 17.1 Å². The van der Waals surface area contributed by atoms with Crippen molar-refractivity contribution in [2.45, 2.75) is 82.8 Å². The number of piperidine rings is 1. The number of fused-ring (bicyclic) bond motifs is 11. The number of ether oxygens (including phenoxy) is 1. The number of aromatic nitrogens is 1. The fourth-order valence-electron chi connectivity index (χ4n) is 7.64. The number of piperazine rings is 1. The second-order valence-electron chi connectivity index (χ2n) is 13.8. The van der Waals surface area contributed by atoms with Gasteiger partial charge in [0.05, 0.1) is 36.4 Å². The number of pyridine rings is 1. The van der Waals surface area contributed by atoms with E-state index in [1.807, 2.05) is 0 Å². The minimum atomic E-state index is -3.30. The van der Waals surface area contributed by atoms with Crippen LogP contribution in [-0.2, 0) is 17.2 Å². The monoisotopic (exact) mass is 657 g/mol. The second-order valence-corrected chi connectivity index (χ2v) is 13.8. The van der Waals surface area contributed by atoms with Gasteiger partial charge >= 0.3 is 0 Å². The normalized spacial score (nSPS) is 26.9. The summed E-state index contributed by atoms with van der Waals surface area (Å²) in [5.74, 6) is -5.07. The van der Waals surface area contributed by atoms with Crippen molar-refractivity contribution in [2.24, 2.45) is 5.92 Å². The Bertz CT molecular complexity index is 1460. The number of amidine groups is 1. The number of alkyl halides is 2. The number of anilines is 2. The van der Waals surface area contributed by atoms with E-state index in [4.69, 9.17) is 15.9 Å². The van der Waals surface area contributed by atoms with Gasteiger partial charge in [-0.25, -0.2) is 13.2 Å². The zero-order chi connectivity index (χ0) is 33.1. The molecule has 3 fully saturated rings. The van der Waals surface area contributed by atoms with Gasteiger partial charge in [-0.15, -0.1) is 0 Å². The fraction of sp³-hybridized carbons (Fsp3) is 0.657. The molecule has 6 heterocycles. The molecule has 0 saturated carbocycles. The molecule has 5 aliphatic rings. The molecule has 7 rings (SSSR count). The molecular weight excluding hydrogens is 607 g/mol. The highest BCUT2D eigenvalue weighted by atomic mass is 19.3. The van der Waals surface area contributed by atoms with Gasteiger partial charge in [0.1, 0.15) is 23.2 Å². The van der Waals surface area contributed by atoms with Gasteiger partial charge in [0, 0.05) is 44.2 Å². The van der Waals surface area contributed by atoms with Gasteiger partial charge in [-0.2, -0.15) is 0 Å². The van der Waals surface area contributed by atoms with E-state index in [2.05, 4.69) is 20.0 Å². The first-order valence-electron chi connectivity index (χ1n) is 17.5. The molecule has 0 unspecified atom stereocenters. The second kappa shape index (κ2) is 14.6. The van der Waals surface area contributed by atoms with Gasteiger partial charge in [-0.3, -0.25) is 19.7 Å². The summed E-state index contributed by atoms with van der Waals surface area (Å²) in [6.07, 6.45) is 6.60. The van der Waals surface area contributed by atoms with Gasteiger partial charge in [-0.05, 0) is 58.3 Å². The quantitative estimate of drug-likeness (QED) is 0.421. The van der Waals surface area contributed by atoms with Crippen molar-refractivity contribution in [1.82, 2.24) is 19.7 Å². The Balaban J connectivity index is 1.29. The third kappa shape index (κ3) is 7.19. The highest BCUT2D eigenvalue weighted by Crippen LogP contribution is 2.43. The molecule has 47 heavy (non-hydrogen) atoms. The maximum atomic E-state index is 15.9. The average molecular weight is 658 g/mol. The zero-order valence-corrected chi connectivity index (χ0v) is 27.6. The van der Waals surface area contributed by atoms with Crippen LogP contribution in [0.4, 0.5) is 24.7 Å². The van der Waals surface area contributed by atoms with Crippen molar-refractivity contribution in [3.05, 3.63) is 57.1 Å². The van der Waals surface area contributed by atoms with Crippen LogP contribution in [0.15, 0.2) is 29.1 Å². The Morgan fingerprint density at radius 1 is 0.936 bits per heavy atom. The van der Waals surface area contributed by atoms with Crippen LogP contribution >= 0.6 is 0 Å². The van der Waals surface area contributed by atoms with E-state index in [9.17, 15) is 4.79 Å². The summed E-state index contributed by atoms with van der Waals surface area (Å²) in [6.45, 7) is 8.58. The van der Waals surface area contributed by atoms with Gasteiger partial charge in [-0.1, -0.05) is 43.9 Å². The van der Waals surface area contributed by atoms with E-state index < -0.39 is 29.3 Å². The molecule has 0 spiro atoms. The Hall–Kier alpha value is -3.09. The number of halogens is 3. The maximum Gasteiger partial charge on any atom is 0.278 e. The van der Waals surface area contributed by atoms with Gasteiger partial charge in [0.2, 0.25) is 0 Å². The molecule has 1 atom stereocenters. The molecule has 9 nitrogen and oxygen atoms in total. The Morgan fingerprint density at radius 2 is 1.60 bits per heavy atom. The summed E-state index contributed by atoms with van der Waals surface area (Å²) in [6, 6.07) is 5.45. The molecule has 4 N–H and O–H groups in total. The van der Waals surface area contributed by atoms with E-state index in [-0.39, 0.29) is 22.8 Å². The average Bonchev–Trinajstić information content (AvgIpc) is 3.03. The summed E-state index contributed by atoms with van der Waals surface area (Å²) in [7, 11) is 0. The van der Waals surface area contributed by atoms with Crippen LogP contribution in [0.5, 0.6) is 0 Å². The lowest BCUT2D eigenvalue weighted by molar-refractivity contribution is -0.0880. The number of hydrogen-bond acceptors (Lipinski definition) is 7. The first-order valence-corrected chi connectivity index (χ1v) is 17.5. The minimum Gasteiger partial charge on any atom is -0.384 e. The van der Waals surface area contributed by atoms with Crippen molar-refractivity contribution < 1.29 is 17.9 Å². The topological polar surface area (TPSA) is 103 Å². The van der Waals surface area contributed by atoms with Gasteiger partial charge in [0.25, 0.3) is 11.5 Å². The van der Waals surface area contributed by atoms with Crippen LogP contribution in [0.3, 0.4) is 0 Å². The van der Waals surface area contributed by atoms with Crippen LogP contribution in [0.2, 0.25) is 0 Å². The van der Waals surface area contributed by atoms with Crippen LogP contribution < -0.4 is 21.5 Å². The van der Waals surface area contributed by atoms with E-state index >= 15 is 13.2 Å². The molecular formula is C35H50F3N7O2. The predicted molar refractivity (Wildman–Crippen MR) is 179 cm³/mol. The Morgan fingerprint density at radius 3 is 2.26 bits per heavy atom. The number of nitrogens with zero attached hydrogens (tertiary/aromatic N) is 4. The Kier molecular flexibility index (Phi) is 10.5. The lowest BCUT2D eigenvalue weighted by atomic mass is 9.85. The van der Waals surface area contributed by atoms with Crippen molar-refractivity contribution >= 4 is 17.3 Å². The molecule has 1 aromatic carbocycles. The number of hydrogen-bond donors (Lipinski definition) is 3. The minimum absolute atomic E-state index is 0.0646. The van der Waals surface area contributed by atoms with E-state index in [1.165, 1.54) is 18.2 Å². The molecule has 12 heteroatoms. The third-order valence-electron chi connectivity index (χ3n) is 10.8. The summed E-state index contributed by atoms with van der Waals surface area (Å²) < 4.78 is 54.6. The lowest BCUT2D eigenvalue weighted by Crippen LogP contribution is -2.57. The van der Waals surface area contributed by atoms with Gasteiger partial charge < -0.3 is 25.6 Å². The van der Waals surface area contributed by atoms with Crippen LogP contribution in [0.25, 0.3) is 0 Å². The standard InChI is InChI=1S/C35H50F3N7O2/c1-24-27-9-8-10-29(31(27)36)35(37,38)25-11-15-42(16-12-25)13-6-4-2-3-5-7-14-45-33(40)28(32(39)41-24)21-30(34(45)46)44-19-17-43(18-20-44)26-22-47-23-26/h8-10,21,24-26H,2-7,11-20,22-23,40H2,1H3,(H2,39,41)/t24-/m1/s1. The van der Waals surface area contributed by atoms with Gasteiger partial charge in [0.15, 0.2) is 0 Å². The summed E-state index contributed by atoms with van der Waals surface area (Å²) in [5, 5.41) is 12.0. The zero-order valence-electron chi connectivity index (χ0n) is 27.6. The molecule has 3 saturated heterocycles. The first-order chi connectivity index (χ1) is 22.6. The molecule has 6 bridgehead atoms. The van der Waals surface area contributed by atoms with Crippen molar-refractivity contribution in [2.75, 3.05) is 69.7 Å². The SMILES string of the molecule is C[C@H]1NC(=N)c2cc(N3CCN(C4COC4)CC3)c(=O)n(c2N)CCCCCCCCN2CCC(CC2)C(F)(F)c2cccc1c2F. The van der Waals surface area contributed by atoms with E-state index in [0.717, 1.165) is 71.4 Å². The third-order valence-corrected chi connectivity index (χ3v) is 10.8.